The SMILES string of the molecule is C/C=C(/NC(=O)[C@@H](N)C(C)C)C(=O)N[C@@H](CCC(N)=O)C(=O)N[C@@H](C)C(=O)N[C@@H](CC)C(=O)N[C@@H](Cc1ccc(O)c(F)c1)C(=O)NC(=O)N[C@H](C(=O)N[C@@H](CC(=O)N(C)[C@@]1(C)CC1=O)C(=O)N1CCC[C@H]1C(=O)N[C@@H](CCCN=C(N)N)C(=O)O)[C@@H](C)CC. The number of carbonyl (C=O) groups is 14. The number of likely N-dealkylation sites (N-methyl/N-ethyl adjacent to an activating group) is 1. The van der Waals surface area contributed by atoms with Crippen molar-refractivity contribution in [2.24, 2.45) is 39.8 Å². The van der Waals surface area contributed by atoms with E-state index in [1.807, 2.05) is 5.32 Å². The van der Waals surface area contributed by atoms with Crippen LogP contribution in [0.3, 0.4) is 0 Å². The number of urea groups is 1. The molecule has 1 aliphatic carbocycles. The van der Waals surface area contributed by atoms with Gasteiger partial charge in [0.2, 0.25) is 53.2 Å². The smallest absolute Gasteiger partial charge is 0.326 e. The first-order valence-electron chi connectivity index (χ1n) is 29.4. The number of benzene rings is 1. The summed E-state index contributed by atoms with van der Waals surface area (Å²) in [7, 11) is 1.33. The van der Waals surface area contributed by atoms with Gasteiger partial charge >= 0.3 is 12.0 Å². The van der Waals surface area contributed by atoms with Crippen molar-refractivity contribution in [1.82, 2.24) is 57.7 Å². The molecular formula is C57H87FN16O16. The van der Waals surface area contributed by atoms with Gasteiger partial charge in [0.25, 0.3) is 11.8 Å². The van der Waals surface area contributed by atoms with Crippen LogP contribution in [-0.4, -0.2) is 189 Å². The zero-order chi connectivity index (χ0) is 68.1. The summed E-state index contributed by atoms with van der Waals surface area (Å²) < 4.78 is 14.7. The number of nitrogens with one attached hydrogen (secondary N) is 9. The lowest BCUT2D eigenvalue weighted by atomic mass is 9.97. The van der Waals surface area contributed by atoms with E-state index < -0.39 is 174 Å². The number of hydrogen-bond donors (Lipinski definition) is 15. The molecule has 1 aromatic rings. The highest BCUT2D eigenvalue weighted by atomic mass is 19.1. The number of phenols is 1. The molecule has 1 heterocycles. The fraction of sp³-hybridized carbons (Fsp3) is 0.596. The summed E-state index contributed by atoms with van der Waals surface area (Å²) >= 11 is 0. The maximum absolute atomic E-state index is 14.7. The van der Waals surface area contributed by atoms with E-state index in [9.17, 15) is 81.7 Å². The van der Waals surface area contributed by atoms with E-state index in [2.05, 4.69) is 47.5 Å². The Balaban J connectivity index is 1.87. The summed E-state index contributed by atoms with van der Waals surface area (Å²) in [6.07, 6.45) is -0.418. The number of amides is 13. The third-order valence-electron chi connectivity index (χ3n) is 15.5. The number of imide groups is 1. The number of aromatic hydroxyl groups is 1. The number of nitrogens with two attached hydrogens (primary N) is 4. The number of aliphatic carboxylic acids is 1. The van der Waals surface area contributed by atoms with Crippen molar-refractivity contribution in [2.75, 3.05) is 20.1 Å². The van der Waals surface area contributed by atoms with Gasteiger partial charge in [-0.2, -0.15) is 0 Å². The predicted molar refractivity (Wildman–Crippen MR) is 320 cm³/mol. The zero-order valence-electron chi connectivity index (χ0n) is 52.0. The van der Waals surface area contributed by atoms with Gasteiger partial charge in [-0.15, -0.1) is 0 Å². The van der Waals surface area contributed by atoms with Crippen LogP contribution >= 0.6 is 0 Å². The van der Waals surface area contributed by atoms with E-state index in [1.54, 1.807) is 20.8 Å². The number of carbonyl (C=O) groups excluding carboxylic acids is 13. The van der Waals surface area contributed by atoms with Gasteiger partial charge in [-0.1, -0.05) is 53.2 Å². The monoisotopic (exact) mass is 1270 g/mol. The number of hydrogen-bond acceptors (Lipinski definition) is 17. The molecule has 13 amide bonds. The van der Waals surface area contributed by atoms with E-state index in [4.69, 9.17) is 22.9 Å². The van der Waals surface area contributed by atoms with Crippen LogP contribution in [-0.2, 0) is 68.7 Å². The molecule has 1 aromatic carbocycles. The second kappa shape index (κ2) is 34.5. The van der Waals surface area contributed by atoms with Gasteiger partial charge in [0.1, 0.15) is 59.6 Å². The van der Waals surface area contributed by atoms with Crippen molar-refractivity contribution in [2.45, 2.75) is 186 Å². The Morgan fingerprint density at radius 3 is 1.97 bits per heavy atom. The highest BCUT2D eigenvalue weighted by Crippen LogP contribution is 2.36. The van der Waals surface area contributed by atoms with Gasteiger partial charge in [-0.25, -0.2) is 14.0 Å². The molecule has 0 bridgehead atoms. The summed E-state index contributed by atoms with van der Waals surface area (Å²) in [4.78, 5) is 194. The van der Waals surface area contributed by atoms with E-state index in [-0.39, 0.29) is 93.4 Å². The Labute approximate surface area is 519 Å². The molecule has 32 nitrogen and oxygen atoms in total. The van der Waals surface area contributed by atoms with Crippen LogP contribution in [0.1, 0.15) is 125 Å². The highest BCUT2D eigenvalue weighted by Gasteiger charge is 2.55. The molecule has 2 aliphatic rings. The van der Waals surface area contributed by atoms with Crippen LogP contribution in [0.5, 0.6) is 5.75 Å². The summed E-state index contributed by atoms with van der Waals surface area (Å²) in [6, 6.07) is -11.6. The number of phenolic OH excluding ortho intramolecular Hbond substituents is 1. The van der Waals surface area contributed by atoms with Crippen molar-refractivity contribution in [1.29, 1.82) is 0 Å². The van der Waals surface area contributed by atoms with Crippen LogP contribution in [0.25, 0.3) is 0 Å². The number of rotatable bonds is 34. The van der Waals surface area contributed by atoms with Gasteiger partial charge in [0.05, 0.1) is 12.5 Å². The molecule has 498 valence electrons. The Kier molecular flexibility index (Phi) is 28.7. The number of aliphatic imine (C=N–C) groups is 1. The number of guanidine groups is 1. The molecule has 1 saturated carbocycles. The summed E-state index contributed by atoms with van der Waals surface area (Å²) in [6.45, 7) is 12.1. The summed E-state index contributed by atoms with van der Waals surface area (Å²) in [5.41, 5.74) is 20.5. The maximum atomic E-state index is 14.7. The van der Waals surface area contributed by atoms with Gasteiger partial charge in [-0.3, -0.25) is 67.8 Å². The minimum Gasteiger partial charge on any atom is -0.505 e. The molecule has 0 spiro atoms. The molecule has 0 radical (unpaired) electrons. The average molecular weight is 1270 g/mol. The van der Waals surface area contributed by atoms with Crippen molar-refractivity contribution in [3.8, 4) is 5.75 Å². The Bertz CT molecular complexity index is 2940. The predicted octanol–water partition coefficient (Wildman–Crippen LogP) is -3.37. The van der Waals surface area contributed by atoms with Gasteiger partial charge in [0.15, 0.2) is 23.3 Å². The standard InChI is InChI=1S/C57H87FN16O16/c1-10-28(6)44(52(86)70-37(25-42(78)73(9)57(8)26-40(57)76)53(87)74-22-14-16-38(74)50(84)68-35(54(88)89)15-13-21-63-55(61)62)71-56(90)72-49(83)36(24-30-17-19-39(75)31(58)23-30)69-47(81)32(11-2)65-45(79)29(7)64-48(82)34(18-20-41(59)77)67-46(80)33(12-3)66-51(85)43(60)27(4)5/h12,17,19,23,27-29,32,34-38,43-44,75H,10-11,13-16,18,20-22,24-26,60H2,1-9H3,(H2,59,77)(H,64,82)(H,65,79)(H,66,85)(H,67,80)(H,68,84)(H,69,81)(H,70,86)(H,88,89)(H4,61,62,63)(H2,71,72,83,90)/b33-12+/t28-,29-,32-,34-,35-,36-,37-,38-,43-,44-,57-/m0/s1. The van der Waals surface area contributed by atoms with Crippen molar-refractivity contribution in [3.63, 3.8) is 0 Å². The second-order valence-corrected chi connectivity index (χ2v) is 22.7. The molecule has 0 aromatic heterocycles. The number of allylic oxidation sites excluding steroid dienone is 1. The maximum Gasteiger partial charge on any atom is 0.326 e. The highest BCUT2D eigenvalue weighted by molar-refractivity contribution is 6.08. The number of carboxylic acid groups (broad SMARTS) is 1. The first-order valence-corrected chi connectivity index (χ1v) is 29.4. The molecule has 1 aliphatic heterocycles. The van der Waals surface area contributed by atoms with Crippen molar-refractivity contribution < 1.29 is 81.7 Å². The topological polar surface area (TPSA) is 511 Å². The van der Waals surface area contributed by atoms with E-state index in [1.165, 1.54) is 53.8 Å². The van der Waals surface area contributed by atoms with Crippen LogP contribution in [0.15, 0.2) is 35.0 Å². The third-order valence-corrected chi connectivity index (χ3v) is 15.5. The van der Waals surface area contributed by atoms with E-state index >= 15 is 0 Å². The lowest BCUT2D eigenvalue weighted by Crippen LogP contribution is -2.61. The number of likely N-dealkylation sites (tertiary alicyclic amines) is 1. The fourth-order valence-electron chi connectivity index (χ4n) is 9.23. The van der Waals surface area contributed by atoms with E-state index in [0.717, 1.165) is 21.9 Å². The fourth-order valence-corrected chi connectivity index (χ4v) is 9.23. The first kappa shape index (κ1) is 75.0. The van der Waals surface area contributed by atoms with Crippen molar-refractivity contribution >= 4 is 88.7 Å². The number of nitrogens with zero attached hydrogens (tertiary/aromatic N) is 3. The Morgan fingerprint density at radius 2 is 1.41 bits per heavy atom. The number of carboxylic acids is 1. The van der Waals surface area contributed by atoms with Gasteiger partial charge < -0.3 is 85.5 Å². The number of ketones is 1. The molecule has 1 saturated heterocycles. The molecule has 19 N–H and O–H groups in total. The first-order chi connectivity index (χ1) is 42.1. The molecule has 90 heavy (non-hydrogen) atoms. The largest absolute Gasteiger partial charge is 0.505 e. The van der Waals surface area contributed by atoms with Crippen LogP contribution in [0.2, 0.25) is 0 Å². The Hall–Kier alpha value is -9.30. The molecule has 33 heteroatoms. The minimum atomic E-state index is -1.78. The lowest BCUT2D eigenvalue weighted by molar-refractivity contribution is -0.146. The summed E-state index contributed by atoms with van der Waals surface area (Å²) in [5.74, 6) is -15.2. The number of Topliss-reactive ketones (excluding diaryl/α,β-unsaturated/α-hetero) is 1. The van der Waals surface area contributed by atoms with E-state index in [0.29, 0.717) is 0 Å². The normalized spacial score (nSPS) is 18.2. The molecule has 11 atom stereocenters. The van der Waals surface area contributed by atoms with Crippen molar-refractivity contribution in [3.05, 3.63) is 41.4 Å². The van der Waals surface area contributed by atoms with Gasteiger partial charge in [0, 0.05) is 39.4 Å². The van der Waals surface area contributed by atoms with Crippen LogP contribution in [0.4, 0.5) is 9.18 Å². The quantitative estimate of drug-likeness (QED) is 0.0139. The number of halogens is 1. The molecule has 3 rings (SSSR count). The third kappa shape index (κ3) is 22.1. The van der Waals surface area contributed by atoms with Crippen LogP contribution in [0, 0.1) is 17.7 Å². The molecular weight excluding hydrogens is 1180 g/mol. The minimum absolute atomic E-state index is 0.00682. The molecule has 0 unspecified atom stereocenters. The summed E-state index contributed by atoms with van der Waals surface area (Å²) in [5, 5.41) is 41.2. The molecule has 2 fully saturated rings. The zero-order valence-corrected chi connectivity index (χ0v) is 52.0. The van der Waals surface area contributed by atoms with Gasteiger partial charge in [-0.05, 0) is 88.8 Å². The number of primary amides is 1. The second-order valence-electron chi connectivity index (χ2n) is 22.7. The Morgan fingerprint density at radius 1 is 0.789 bits per heavy atom. The van der Waals surface area contributed by atoms with Crippen LogP contribution < -0.4 is 70.8 Å². The lowest BCUT2D eigenvalue weighted by Gasteiger charge is -2.32. The average Bonchev–Trinajstić information content (AvgIpc) is 1.64.